The van der Waals surface area contributed by atoms with Gasteiger partial charge in [0.1, 0.15) is 17.4 Å². The van der Waals surface area contributed by atoms with Crippen LogP contribution >= 0.6 is 12.4 Å². The van der Waals surface area contributed by atoms with Gasteiger partial charge in [0.25, 0.3) is 5.91 Å². The third kappa shape index (κ3) is 6.68. The van der Waals surface area contributed by atoms with Crippen molar-refractivity contribution in [2.24, 2.45) is 5.92 Å². The molecule has 0 aromatic heterocycles. The summed E-state index contributed by atoms with van der Waals surface area (Å²) in [4.78, 5) is 14.3. The zero-order valence-corrected chi connectivity index (χ0v) is 17.3. The van der Waals surface area contributed by atoms with Gasteiger partial charge in [0, 0.05) is 18.7 Å². The van der Waals surface area contributed by atoms with Crippen molar-refractivity contribution < 1.29 is 18.3 Å². The monoisotopic (exact) mass is 424 g/mol. The highest BCUT2D eigenvalue weighted by molar-refractivity contribution is 5.94. The van der Waals surface area contributed by atoms with Gasteiger partial charge in [-0.25, -0.2) is 8.78 Å². The van der Waals surface area contributed by atoms with Crippen LogP contribution in [0.2, 0.25) is 0 Å². The van der Waals surface area contributed by atoms with Crippen LogP contribution in [0.1, 0.15) is 28.8 Å². The maximum atomic E-state index is 14.0. The Hall–Kier alpha value is -2.18. The van der Waals surface area contributed by atoms with Crippen LogP contribution in [0, 0.1) is 17.6 Å². The number of nitrogens with zero attached hydrogens (tertiary/aromatic N) is 1. The summed E-state index contributed by atoms with van der Waals surface area (Å²) in [6, 6.07) is 10.4. The summed E-state index contributed by atoms with van der Waals surface area (Å²) in [5.74, 6) is 0.417. The van der Waals surface area contributed by atoms with E-state index in [0.29, 0.717) is 29.3 Å². The molecule has 0 spiro atoms. The molecule has 0 unspecified atom stereocenters. The molecule has 29 heavy (non-hydrogen) atoms. The predicted molar refractivity (Wildman–Crippen MR) is 112 cm³/mol. The first-order valence-corrected chi connectivity index (χ1v) is 9.63. The third-order valence-electron chi connectivity index (χ3n) is 5.29. The quantitative estimate of drug-likeness (QED) is 0.728. The Balaban J connectivity index is 0.00000300. The number of nitrogens with one attached hydrogen (secondary N) is 1. The minimum atomic E-state index is -0.353. The molecule has 1 amide bonds. The number of carbonyl (C=O) groups is 1. The van der Waals surface area contributed by atoms with E-state index in [-0.39, 0.29) is 29.9 Å². The van der Waals surface area contributed by atoms with E-state index in [4.69, 9.17) is 4.74 Å². The molecule has 1 aliphatic rings. The van der Waals surface area contributed by atoms with Crippen molar-refractivity contribution >= 4 is 18.3 Å². The molecule has 0 bridgehead atoms. The first-order chi connectivity index (χ1) is 13.5. The normalized spacial score (nSPS) is 14.9. The van der Waals surface area contributed by atoms with Crippen molar-refractivity contribution in [3.05, 3.63) is 65.2 Å². The topological polar surface area (TPSA) is 41.6 Å². The molecule has 1 N–H and O–H groups in total. The maximum absolute atomic E-state index is 14.0. The first-order valence-electron chi connectivity index (χ1n) is 9.63. The van der Waals surface area contributed by atoms with Crippen LogP contribution in [0.15, 0.2) is 42.5 Å². The minimum absolute atomic E-state index is 0. The molecule has 2 aromatic rings. The minimum Gasteiger partial charge on any atom is -0.497 e. The van der Waals surface area contributed by atoms with E-state index in [1.165, 1.54) is 30.3 Å². The van der Waals surface area contributed by atoms with Gasteiger partial charge >= 0.3 is 0 Å². The lowest BCUT2D eigenvalue weighted by Crippen LogP contribution is -2.40. The van der Waals surface area contributed by atoms with Crippen molar-refractivity contribution in [3.63, 3.8) is 0 Å². The van der Waals surface area contributed by atoms with Crippen molar-refractivity contribution in [2.75, 3.05) is 33.3 Å². The molecular weight excluding hydrogens is 398 g/mol. The van der Waals surface area contributed by atoms with Gasteiger partial charge in [-0.2, -0.15) is 0 Å². The molecule has 1 heterocycles. The molecule has 0 saturated carbocycles. The number of benzene rings is 2. The van der Waals surface area contributed by atoms with E-state index < -0.39 is 0 Å². The average molecular weight is 425 g/mol. The second kappa shape index (κ2) is 11.1. The van der Waals surface area contributed by atoms with Crippen molar-refractivity contribution in [3.8, 4) is 5.75 Å². The highest BCUT2D eigenvalue weighted by Gasteiger charge is 2.20. The average Bonchev–Trinajstić information content (AvgIpc) is 2.71. The Morgan fingerprint density at radius 2 is 1.83 bits per heavy atom. The molecule has 0 atom stereocenters. The Labute approximate surface area is 176 Å². The van der Waals surface area contributed by atoms with Crippen LogP contribution in [0.5, 0.6) is 5.75 Å². The molecule has 4 nitrogen and oxygen atoms in total. The number of ether oxygens (including phenoxy) is 1. The molecule has 0 radical (unpaired) electrons. The fourth-order valence-electron chi connectivity index (χ4n) is 3.59. The molecule has 1 saturated heterocycles. The lowest BCUT2D eigenvalue weighted by Gasteiger charge is -2.32. The zero-order chi connectivity index (χ0) is 19.9. The number of amides is 1. The molecule has 3 rings (SSSR count). The number of likely N-dealkylation sites (tertiary alicyclic amines) is 1. The van der Waals surface area contributed by atoms with Crippen molar-refractivity contribution in [1.82, 2.24) is 10.2 Å². The largest absolute Gasteiger partial charge is 0.497 e. The number of hydrogen-bond donors (Lipinski definition) is 1. The molecule has 7 heteroatoms. The Morgan fingerprint density at radius 1 is 1.14 bits per heavy atom. The Bertz CT molecular complexity index is 794. The smallest absolute Gasteiger partial charge is 0.251 e. The van der Waals surface area contributed by atoms with Gasteiger partial charge in [0.2, 0.25) is 0 Å². The number of hydrogen-bond acceptors (Lipinski definition) is 3. The van der Waals surface area contributed by atoms with Crippen LogP contribution in [0.25, 0.3) is 0 Å². The standard InChI is InChI=1S/C22H26F2N2O2.ClH/c1-28-20-6-7-21(24)18(15-20)14-16-8-11-26(12-9-16)13-10-25-22(27)17-2-4-19(23)5-3-17;/h2-7,15-16H,8-14H2,1H3,(H,25,27);1H. The van der Waals surface area contributed by atoms with Gasteiger partial charge in [-0.15, -0.1) is 12.4 Å². The summed E-state index contributed by atoms with van der Waals surface area (Å²) in [7, 11) is 1.59. The number of halogens is 3. The molecule has 1 fully saturated rings. The van der Waals surface area contributed by atoms with Crippen molar-refractivity contribution in [2.45, 2.75) is 19.3 Å². The van der Waals surface area contributed by atoms with Crippen LogP contribution in [-0.4, -0.2) is 44.1 Å². The highest BCUT2D eigenvalue weighted by atomic mass is 35.5. The summed E-state index contributed by atoms with van der Waals surface area (Å²) < 4.78 is 32.1. The van der Waals surface area contributed by atoms with E-state index in [0.717, 1.165) is 38.9 Å². The fraction of sp³-hybridized carbons (Fsp3) is 0.409. The van der Waals surface area contributed by atoms with E-state index in [9.17, 15) is 13.6 Å². The van der Waals surface area contributed by atoms with Gasteiger partial charge in [-0.05, 0) is 86.3 Å². The van der Waals surface area contributed by atoms with E-state index in [2.05, 4.69) is 10.2 Å². The molecule has 2 aromatic carbocycles. The van der Waals surface area contributed by atoms with Gasteiger partial charge in [-0.1, -0.05) is 0 Å². The van der Waals surface area contributed by atoms with Crippen LogP contribution in [0.4, 0.5) is 8.78 Å². The number of piperidine rings is 1. The summed E-state index contributed by atoms with van der Waals surface area (Å²) in [5.41, 5.74) is 1.17. The summed E-state index contributed by atoms with van der Waals surface area (Å²) >= 11 is 0. The molecular formula is C22H27ClF2N2O2. The lowest BCUT2D eigenvalue weighted by molar-refractivity contribution is 0.0944. The molecule has 1 aliphatic heterocycles. The van der Waals surface area contributed by atoms with Gasteiger partial charge in [0.05, 0.1) is 7.11 Å². The highest BCUT2D eigenvalue weighted by Crippen LogP contribution is 2.25. The Kier molecular flexibility index (Phi) is 8.86. The summed E-state index contributed by atoms with van der Waals surface area (Å²) in [6.07, 6.45) is 2.73. The van der Waals surface area contributed by atoms with E-state index >= 15 is 0 Å². The van der Waals surface area contributed by atoms with Gasteiger partial charge in [-0.3, -0.25) is 4.79 Å². The first kappa shape index (κ1) is 23.1. The van der Waals surface area contributed by atoms with Gasteiger partial charge in [0.15, 0.2) is 0 Å². The second-order valence-electron chi connectivity index (χ2n) is 7.21. The SMILES string of the molecule is COc1ccc(F)c(CC2CCN(CCNC(=O)c3ccc(F)cc3)CC2)c1.Cl. The van der Waals surface area contributed by atoms with Crippen molar-refractivity contribution in [1.29, 1.82) is 0 Å². The molecule has 158 valence electrons. The second-order valence-corrected chi connectivity index (χ2v) is 7.21. The zero-order valence-electron chi connectivity index (χ0n) is 16.5. The van der Waals surface area contributed by atoms with Crippen LogP contribution < -0.4 is 10.1 Å². The number of rotatable bonds is 7. The summed E-state index contributed by atoms with van der Waals surface area (Å²) in [5, 5.41) is 2.87. The summed E-state index contributed by atoms with van der Waals surface area (Å²) in [6.45, 7) is 3.18. The van der Waals surface area contributed by atoms with E-state index in [1.807, 2.05) is 0 Å². The Morgan fingerprint density at radius 3 is 2.48 bits per heavy atom. The van der Waals surface area contributed by atoms with Crippen LogP contribution in [0.3, 0.4) is 0 Å². The third-order valence-corrected chi connectivity index (χ3v) is 5.29. The maximum Gasteiger partial charge on any atom is 0.251 e. The number of carbonyl (C=O) groups excluding carboxylic acids is 1. The predicted octanol–water partition coefficient (Wildman–Crippen LogP) is 4.08. The lowest BCUT2D eigenvalue weighted by atomic mass is 9.90. The molecule has 0 aliphatic carbocycles. The van der Waals surface area contributed by atoms with Crippen LogP contribution in [-0.2, 0) is 6.42 Å². The van der Waals surface area contributed by atoms with E-state index in [1.54, 1.807) is 19.2 Å². The fourth-order valence-corrected chi connectivity index (χ4v) is 3.59. The van der Waals surface area contributed by atoms with Gasteiger partial charge < -0.3 is 15.0 Å². The number of methoxy groups -OCH3 is 1.